The standard InChI is InChI=1S/C13H17NO/c15-9-11-2-1-3-13-12(11)6-7-14(13)8-10-4-5-10/h1-3,10,15H,4-9H2. The van der Waals surface area contributed by atoms with Gasteiger partial charge in [0, 0.05) is 18.8 Å². The van der Waals surface area contributed by atoms with Crippen LogP contribution in [0.15, 0.2) is 18.2 Å². The van der Waals surface area contributed by atoms with E-state index in [0.717, 1.165) is 24.4 Å². The maximum atomic E-state index is 9.26. The van der Waals surface area contributed by atoms with Gasteiger partial charge in [-0.25, -0.2) is 0 Å². The van der Waals surface area contributed by atoms with Crippen LogP contribution in [0.1, 0.15) is 24.0 Å². The highest BCUT2D eigenvalue weighted by atomic mass is 16.3. The number of hydrogen-bond acceptors (Lipinski definition) is 2. The molecular weight excluding hydrogens is 186 g/mol. The van der Waals surface area contributed by atoms with Crippen molar-refractivity contribution in [2.75, 3.05) is 18.0 Å². The van der Waals surface area contributed by atoms with Crippen LogP contribution in [0.4, 0.5) is 5.69 Å². The predicted molar refractivity (Wildman–Crippen MR) is 61.0 cm³/mol. The molecule has 0 atom stereocenters. The molecule has 0 bridgehead atoms. The number of rotatable bonds is 3. The van der Waals surface area contributed by atoms with Crippen molar-refractivity contribution in [3.05, 3.63) is 29.3 Å². The number of nitrogens with zero attached hydrogens (tertiary/aromatic N) is 1. The van der Waals surface area contributed by atoms with Crippen LogP contribution in [0.3, 0.4) is 0 Å². The summed E-state index contributed by atoms with van der Waals surface area (Å²) in [5.74, 6) is 0.939. The second-order valence-electron chi connectivity index (χ2n) is 4.71. The predicted octanol–water partition coefficient (Wildman–Crippen LogP) is 1.95. The Morgan fingerprint density at radius 2 is 2.20 bits per heavy atom. The molecule has 2 nitrogen and oxygen atoms in total. The van der Waals surface area contributed by atoms with Crippen molar-refractivity contribution in [2.24, 2.45) is 5.92 Å². The third-order valence-electron chi connectivity index (χ3n) is 3.57. The molecule has 1 aliphatic heterocycles. The minimum absolute atomic E-state index is 0.181. The van der Waals surface area contributed by atoms with Crippen LogP contribution < -0.4 is 4.90 Å². The molecular formula is C13H17NO. The first-order chi connectivity index (χ1) is 7.38. The van der Waals surface area contributed by atoms with Crippen molar-refractivity contribution in [1.82, 2.24) is 0 Å². The largest absolute Gasteiger partial charge is 0.392 e. The molecule has 80 valence electrons. The first-order valence-electron chi connectivity index (χ1n) is 5.85. The molecule has 1 N–H and O–H groups in total. The third kappa shape index (κ3) is 1.63. The minimum Gasteiger partial charge on any atom is -0.392 e. The lowest BCUT2D eigenvalue weighted by Crippen LogP contribution is -2.22. The Morgan fingerprint density at radius 3 is 2.93 bits per heavy atom. The summed E-state index contributed by atoms with van der Waals surface area (Å²) >= 11 is 0. The van der Waals surface area contributed by atoms with E-state index in [1.54, 1.807) is 0 Å². The van der Waals surface area contributed by atoms with Gasteiger partial charge in [0.2, 0.25) is 0 Å². The van der Waals surface area contributed by atoms with Crippen molar-refractivity contribution in [3.8, 4) is 0 Å². The molecule has 15 heavy (non-hydrogen) atoms. The molecule has 0 unspecified atom stereocenters. The average Bonchev–Trinajstić information content (AvgIpc) is 2.99. The van der Waals surface area contributed by atoms with Gasteiger partial charge in [-0.15, -0.1) is 0 Å². The SMILES string of the molecule is OCc1cccc2c1CCN2CC1CC1. The molecule has 2 heteroatoms. The van der Waals surface area contributed by atoms with E-state index in [1.807, 2.05) is 6.07 Å². The zero-order valence-electron chi connectivity index (χ0n) is 8.95. The summed E-state index contributed by atoms with van der Waals surface area (Å²) in [6.45, 7) is 2.55. The molecule has 1 heterocycles. The van der Waals surface area contributed by atoms with Crippen molar-refractivity contribution < 1.29 is 5.11 Å². The molecule has 0 amide bonds. The fraction of sp³-hybridized carbons (Fsp3) is 0.538. The van der Waals surface area contributed by atoms with Gasteiger partial charge < -0.3 is 10.0 Å². The maximum Gasteiger partial charge on any atom is 0.0685 e. The van der Waals surface area contributed by atoms with E-state index in [9.17, 15) is 5.11 Å². The summed E-state index contributed by atoms with van der Waals surface area (Å²) in [6.07, 6.45) is 3.93. The summed E-state index contributed by atoms with van der Waals surface area (Å²) in [5.41, 5.74) is 3.86. The van der Waals surface area contributed by atoms with E-state index in [1.165, 1.54) is 30.6 Å². The maximum absolute atomic E-state index is 9.26. The summed E-state index contributed by atoms with van der Waals surface area (Å²) in [7, 11) is 0. The number of anilines is 1. The van der Waals surface area contributed by atoms with Crippen molar-refractivity contribution in [1.29, 1.82) is 0 Å². The van der Waals surface area contributed by atoms with Gasteiger partial charge in [-0.1, -0.05) is 12.1 Å². The van der Waals surface area contributed by atoms with Crippen molar-refractivity contribution in [2.45, 2.75) is 25.9 Å². The zero-order chi connectivity index (χ0) is 10.3. The molecule has 1 aromatic rings. The van der Waals surface area contributed by atoms with Crippen molar-refractivity contribution >= 4 is 5.69 Å². The summed E-state index contributed by atoms with van der Waals surface area (Å²) < 4.78 is 0. The van der Waals surface area contributed by atoms with Gasteiger partial charge in [0.25, 0.3) is 0 Å². The van der Waals surface area contributed by atoms with E-state index in [0.29, 0.717) is 0 Å². The molecule has 0 spiro atoms. The molecule has 1 aliphatic carbocycles. The summed E-state index contributed by atoms with van der Waals surface area (Å²) in [4.78, 5) is 2.49. The van der Waals surface area contributed by atoms with Crippen LogP contribution in [0.25, 0.3) is 0 Å². The Bertz CT molecular complexity index is 371. The Morgan fingerprint density at radius 1 is 1.33 bits per heavy atom. The fourth-order valence-electron chi connectivity index (χ4n) is 2.52. The molecule has 0 saturated heterocycles. The lowest BCUT2D eigenvalue weighted by molar-refractivity contribution is 0.281. The lowest BCUT2D eigenvalue weighted by Gasteiger charge is -2.19. The number of aliphatic hydroxyl groups excluding tert-OH is 1. The quantitative estimate of drug-likeness (QED) is 0.811. The number of hydrogen-bond donors (Lipinski definition) is 1. The van der Waals surface area contributed by atoms with Gasteiger partial charge >= 0.3 is 0 Å². The van der Waals surface area contributed by atoms with Gasteiger partial charge in [-0.3, -0.25) is 0 Å². The zero-order valence-corrected chi connectivity index (χ0v) is 8.95. The average molecular weight is 203 g/mol. The second-order valence-corrected chi connectivity index (χ2v) is 4.71. The molecule has 0 aromatic heterocycles. The number of benzene rings is 1. The van der Waals surface area contributed by atoms with Gasteiger partial charge in [0.1, 0.15) is 0 Å². The van der Waals surface area contributed by atoms with Crippen LogP contribution in [-0.2, 0) is 13.0 Å². The van der Waals surface area contributed by atoms with E-state index >= 15 is 0 Å². The van der Waals surface area contributed by atoms with Gasteiger partial charge in [-0.2, -0.15) is 0 Å². The van der Waals surface area contributed by atoms with Crippen LogP contribution in [0.5, 0.6) is 0 Å². The Hall–Kier alpha value is -1.02. The fourth-order valence-corrected chi connectivity index (χ4v) is 2.52. The van der Waals surface area contributed by atoms with E-state index < -0.39 is 0 Å². The molecule has 0 radical (unpaired) electrons. The molecule has 1 fully saturated rings. The van der Waals surface area contributed by atoms with Crippen LogP contribution in [-0.4, -0.2) is 18.2 Å². The lowest BCUT2D eigenvalue weighted by atomic mass is 10.1. The molecule has 1 saturated carbocycles. The Labute approximate surface area is 90.5 Å². The molecule has 1 aromatic carbocycles. The monoisotopic (exact) mass is 203 g/mol. The van der Waals surface area contributed by atoms with E-state index in [-0.39, 0.29) is 6.61 Å². The third-order valence-corrected chi connectivity index (χ3v) is 3.57. The summed E-state index contributed by atoms with van der Waals surface area (Å²) in [5, 5.41) is 9.26. The topological polar surface area (TPSA) is 23.5 Å². The van der Waals surface area contributed by atoms with Crippen molar-refractivity contribution in [3.63, 3.8) is 0 Å². The van der Waals surface area contributed by atoms with Gasteiger partial charge in [0.05, 0.1) is 6.61 Å². The van der Waals surface area contributed by atoms with Gasteiger partial charge in [0.15, 0.2) is 0 Å². The summed E-state index contributed by atoms with van der Waals surface area (Å²) in [6, 6.07) is 6.30. The van der Waals surface area contributed by atoms with Crippen LogP contribution >= 0.6 is 0 Å². The smallest absolute Gasteiger partial charge is 0.0685 e. The highest BCUT2D eigenvalue weighted by molar-refractivity contribution is 5.60. The number of fused-ring (bicyclic) bond motifs is 1. The minimum atomic E-state index is 0.181. The molecule has 3 rings (SSSR count). The first kappa shape index (κ1) is 9.22. The van der Waals surface area contributed by atoms with Gasteiger partial charge in [-0.05, 0) is 42.4 Å². The molecule has 2 aliphatic rings. The van der Waals surface area contributed by atoms with E-state index in [2.05, 4.69) is 17.0 Å². The first-order valence-corrected chi connectivity index (χ1v) is 5.85. The normalized spacial score (nSPS) is 19.4. The Balaban J connectivity index is 1.88. The number of aliphatic hydroxyl groups is 1. The van der Waals surface area contributed by atoms with Crippen LogP contribution in [0, 0.1) is 5.92 Å². The van der Waals surface area contributed by atoms with E-state index in [4.69, 9.17) is 0 Å². The second kappa shape index (κ2) is 3.53. The highest BCUT2D eigenvalue weighted by Gasteiger charge is 2.28. The highest BCUT2D eigenvalue weighted by Crippen LogP contribution is 2.36. The van der Waals surface area contributed by atoms with Crippen LogP contribution in [0.2, 0.25) is 0 Å². The Kier molecular flexibility index (Phi) is 2.17.